The molecule has 0 bridgehead atoms. The van der Waals surface area contributed by atoms with E-state index in [0.717, 1.165) is 12.0 Å². The summed E-state index contributed by atoms with van der Waals surface area (Å²) in [7, 11) is 0. The minimum atomic E-state index is -0.316. The molecule has 0 saturated carbocycles. The van der Waals surface area contributed by atoms with E-state index in [1.54, 1.807) is 0 Å². The van der Waals surface area contributed by atoms with Crippen LogP contribution in [-0.4, -0.2) is 29.0 Å². The molecule has 2 aromatic rings. The average molecular weight is 286 g/mol. The number of amides is 1. The van der Waals surface area contributed by atoms with Gasteiger partial charge in [0.25, 0.3) is 5.91 Å². The van der Waals surface area contributed by atoms with Crippen LogP contribution < -0.4 is 11.1 Å². The lowest BCUT2D eigenvalue weighted by molar-refractivity contribution is 0.0930. The minimum Gasteiger partial charge on any atom is -0.382 e. The highest BCUT2D eigenvalue weighted by molar-refractivity contribution is 5.96. The van der Waals surface area contributed by atoms with Gasteiger partial charge in [-0.3, -0.25) is 4.79 Å². The molecule has 21 heavy (non-hydrogen) atoms. The van der Waals surface area contributed by atoms with Gasteiger partial charge < -0.3 is 15.8 Å². The van der Waals surface area contributed by atoms with Crippen molar-refractivity contribution in [3.8, 4) is 0 Å². The third-order valence-corrected chi connectivity index (χ3v) is 2.80. The van der Waals surface area contributed by atoms with Crippen molar-refractivity contribution in [1.82, 2.24) is 15.3 Å². The molecule has 0 saturated heterocycles. The van der Waals surface area contributed by atoms with Gasteiger partial charge in [0.1, 0.15) is 0 Å². The van der Waals surface area contributed by atoms with Crippen LogP contribution in [0.1, 0.15) is 22.5 Å². The van der Waals surface area contributed by atoms with Crippen LogP contribution in [0.15, 0.2) is 42.7 Å². The Bertz CT molecular complexity index is 575. The van der Waals surface area contributed by atoms with Crippen LogP contribution in [0.5, 0.6) is 0 Å². The Balaban J connectivity index is 1.62. The molecule has 1 aromatic heterocycles. The molecule has 1 heterocycles. The summed E-state index contributed by atoms with van der Waals surface area (Å²) in [5.74, 6) is -0.181. The number of nitrogens with one attached hydrogen (secondary N) is 1. The van der Waals surface area contributed by atoms with E-state index >= 15 is 0 Å². The monoisotopic (exact) mass is 286 g/mol. The van der Waals surface area contributed by atoms with Gasteiger partial charge >= 0.3 is 0 Å². The van der Waals surface area contributed by atoms with Crippen LogP contribution in [0, 0.1) is 0 Å². The lowest BCUT2D eigenvalue weighted by Gasteiger charge is -2.07. The first-order valence-electron chi connectivity index (χ1n) is 6.73. The molecule has 1 aromatic carbocycles. The maximum atomic E-state index is 11.8. The Morgan fingerprint density at radius 2 is 1.95 bits per heavy atom. The second-order valence-corrected chi connectivity index (χ2v) is 4.44. The average Bonchev–Trinajstić information content (AvgIpc) is 2.52. The first-order valence-corrected chi connectivity index (χ1v) is 6.73. The van der Waals surface area contributed by atoms with Crippen molar-refractivity contribution in [3.63, 3.8) is 0 Å². The summed E-state index contributed by atoms with van der Waals surface area (Å²) in [6, 6.07) is 9.95. The maximum absolute atomic E-state index is 11.8. The van der Waals surface area contributed by atoms with Crippen molar-refractivity contribution in [2.75, 3.05) is 18.9 Å². The SMILES string of the molecule is Nc1nccnc1C(=O)NCCCOCc1ccccc1. The number of nitrogens with zero attached hydrogens (tertiary/aromatic N) is 2. The highest BCUT2D eigenvalue weighted by atomic mass is 16.5. The Morgan fingerprint density at radius 1 is 1.19 bits per heavy atom. The second-order valence-electron chi connectivity index (χ2n) is 4.44. The first kappa shape index (κ1) is 14.9. The molecule has 3 N–H and O–H groups in total. The standard InChI is InChI=1S/C15H18N4O2/c16-14-13(17-8-9-18-14)15(20)19-7-4-10-21-11-12-5-2-1-3-6-12/h1-3,5-6,8-9H,4,7,10-11H2,(H2,16,18)(H,19,20). The van der Waals surface area contributed by atoms with Crippen molar-refractivity contribution in [2.45, 2.75) is 13.0 Å². The number of carbonyl (C=O) groups excluding carboxylic acids is 1. The lowest BCUT2D eigenvalue weighted by atomic mass is 10.2. The molecule has 0 fully saturated rings. The number of carbonyl (C=O) groups is 1. The van der Waals surface area contributed by atoms with Crippen molar-refractivity contribution < 1.29 is 9.53 Å². The zero-order valence-electron chi connectivity index (χ0n) is 11.7. The third kappa shape index (κ3) is 4.85. The van der Waals surface area contributed by atoms with Gasteiger partial charge in [-0.1, -0.05) is 30.3 Å². The van der Waals surface area contributed by atoms with Crippen molar-refractivity contribution in [1.29, 1.82) is 0 Å². The van der Waals surface area contributed by atoms with E-state index in [9.17, 15) is 4.79 Å². The molecule has 110 valence electrons. The Morgan fingerprint density at radius 3 is 2.71 bits per heavy atom. The van der Waals surface area contributed by atoms with E-state index in [4.69, 9.17) is 10.5 Å². The largest absolute Gasteiger partial charge is 0.382 e. The highest BCUT2D eigenvalue weighted by Crippen LogP contribution is 2.02. The molecule has 0 atom stereocenters. The molecule has 2 rings (SSSR count). The van der Waals surface area contributed by atoms with Crippen LogP contribution in [0.3, 0.4) is 0 Å². The van der Waals surface area contributed by atoms with Gasteiger partial charge in [-0.15, -0.1) is 0 Å². The fraction of sp³-hybridized carbons (Fsp3) is 0.267. The summed E-state index contributed by atoms with van der Waals surface area (Å²) in [6.07, 6.45) is 3.61. The quantitative estimate of drug-likeness (QED) is 0.751. The molecule has 0 spiro atoms. The van der Waals surface area contributed by atoms with E-state index in [2.05, 4.69) is 15.3 Å². The summed E-state index contributed by atoms with van der Waals surface area (Å²) < 4.78 is 5.53. The Hall–Kier alpha value is -2.47. The molecular formula is C15H18N4O2. The zero-order valence-corrected chi connectivity index (χ0v) is 11.7. The number of anilines is 1. The van der Waals surface area contributed by atoms with Crippen LogP contribution in [0.2, 0.25) is 0 Å². The number of hydrogen-bond acceptors (Lipinski definition) is 5. The molecule has 0 aliphatic heterocycles. The molecule has 1 amide bonds. The minimum absolute atomic E-state index is 0.135. The van der Waals surface area contributed by atoms with E-state index in [1.807, 2.05) is 30.3 Å². The zero-order chi connectivity index (χ0) is 14.9. The number of rotatable bonds is 7. The van der Waals surface area contributed by atoms with Crippen molar-refractivity contribution in [3.05, 3.63) is 54.0 Å². The molecule has 0 aliphatic carbocycles. The van der Waals surface area contributed by atoms with Gasteiger partial charge in [0, 0.05) is 25.5 Å². The second kappa shape index (κ2) is 7.96. The van der Waals surface area contributed by atoms with E-state index in [1.165, 1.54) is 12.4 Å². The van der Waals surface area contributed by atoms with Crippen molar-refractivity contribution in [2.24, 2.45) is 0 Å². The van der Waals surface area contributed by atoms with Crippen LogP contribution in [0.4, 0.5) is 5.82 Å². The van der Waals surface area contributed by atoms with Gasteiger partial charge in [-0.05, 0) is 12.0 Å². The summed E-state index contributed by atoms with van der Waals surface area (Å²) >= 11 is 0. The van der Waals surface area contributed by atoms with Crippen LogP contribution in [-0.2, 0) is 11.3 Å². The predicted octanol–water partition coefficient (Wildman–Crippen LogP) is 1.40. The van der Waals surface area contributed by atoms with Gasteiger partial charge in [0.15, 0.2) is 11.5 Å². The Kier molecular flexibility index (Phi) is 5.66. The number of nitrogen functional groups attached to an aromatic ring is 1. The fourth-order valence-corrected chi connectivity index (χ4v) is 1.75. The van der Waals surface area contributed by atoms with E-state index in [0.29, 0.717) is 19.8 Å². The van der Waals surface area contributed by atoms with Crippen molar-refractivity contribution >= 4 is 11.7 Å². The molecule has 0 radical (unpaired) electrons. The molecule has 0 unspecified atom stereocenters. The molecular weight excluding hydrogens is 268 g/mol. The Labute approximate surface area is 123 Å². The fourth-order valence-electron chi connectivity index (χ4n) is 1.75. The topological polar surface area (TPSA) is 90.1 Å². The summed E-state index contributed by atoms with van der Waals surface area (Å²) in [5.41, 5.74) is 6.87. The smallest absolute Gasteiger partial charge is 0.273 e. The van der Waals surface area contributed by atoms with Gasteiger partial charge in [-0.2, -0.15) is 0 Å². The molecule has 0 aliphatic rings. The third-order valence-electron chi connectivity index (χ3n) is 2.80. The highest BCUT2D eigenvalue weighted by Gasteiger charge is 2.10. The maximum Gasteiger partial charge on any atom is 0.273 e. The van der Waals surface area contributed by atoms with Gasteiger partial charge in [0.2, 0.25) is 0 Å². The normalized spacial score (nSPS) is 10.3. The van der Waals surface area contributed by atoms with E-state index in [-0.39, 0.29) is 17.4 Å². The number of aromatic nitrogens is 2. The summed E-state index contributed by atoms with van der Waals surface area (Å²) in [4.78, 5) is 19.5. The van der Waals surface area contributed by atoms with E-state index < -0.39 is 0 Å². The molecule has 6 heteroatoms. The first-order chi connectivity index (χ1) is 10.3. The number of benzene rings is 1. The number of ether oxygens (including phenoxy) is 1. The van der Waals surface area contributed by atoms with Crippen LogP contribution >= 0.6 is 0 Å². The van der Waals surface area contributed by atoms with Gasteiger partial charge in [-0.25, -0.2) is 9.97 Å². The predicted molar refractivity (Wildman–Crippen MR) is 79.5 cm³/mol. The van der Waals surface area contributed by atoms with Gasteiger partial charge in [0.05, 0.1) is 6.61 Å². The summed E-state index contributed by atoms with van der Waals surface area (Å²) in [6.45, 7) is 1.65. The molecule has 6 nitrogen and oxygen atoms in total. The van der Waals surface area contributed by atoms with Crippen LogP contribution in [0.25, 0.3) is 0 Å². The number of hydrogen-bond donors (Lipinski definition) is 2. The number of nitrogens with two attached hydrogens (primary N) is 1. The lowest BCUT2D eigenvalue weighted by Crippen LogP contribution is -2.27. The summed E-state index contributed by atoms with van der Waals surface area (Å²) in [5, 5.41) is 2.74.